The predicted octanol–water partition coefficient (Wildman–Crippen LogP) is 2.27. The molecular formula is C15H19FN4O. The van der Waals surface area contributed by atoms with Crippen LogP contribution in [0, 0.1) is 5.82 Å². The topological polar surface area (TPSA) is 54.2 Å². The maximum absolute atomic E-state index is 13.4. The zero-order valence-electron chi connectivity index (χ0n) is 12.0. The molecule has 0 saturated carbocycles. The smallest absolute Gasteiger partial charge is 0.123 e. The van der Waals surface area contributed by atoms with Gasteiger partial charge in [0.25, 0.3) is 0 Å². The van der Waals surface area contributed by atoms with E-state index in [0.717, 1.165) is 30.9 Å². The van der Waals surface area contributed by atoms with E-state index in [0.29, 0.717) is 18.5 Å². The van der Waals surface area contributed by atoms with Crippen LogP contribution in [0.25, 0.3) is 0 Å². The minimum Gasteiger partial charge on any atom is -0.388 e. The van der Waals surface area contributed by atoms with Crippen LogP contribution in [0.1, 0.15) is 37.1 Å². The Bertz CT molecular complexity index is 628. The first kappa shape index (κ1) is 14.0. The number of fused-ring (bicyclic) bond motifs is 1. The lowest BCUT2D eigenvalue weighted by Crippen LogP contribution is -2.23. The fraction of sp³-hybridized carbons (Fsp3) is 0.467. The number of aliphatic hydroxyl groups excluding tert-OH is 1. The summed E-state index contributed by atoms with van der Waals surface area (Å²) < 4.78 is 15.2. The largest absolute Gasteiger partial charge is 0.388 e. The average molecular weight is 290 g/mol. The molecule has 1 aromatic heterocycles. The summed E-state index contributed by atoms with van der Waals surface area (Å²) in [5.74, 6) is -0.313. The average Bonchev–Trinajstić information content (AvgIpc) is 2.87. The molecule has 2 aromatic rings. The highest BCUT2D eigenvalue weighted by molar-refractivity contribution is 5.55. The summed E-state index contributed by atoms with van der Waals surface area (Å²) >= 11 is 0. The molecule has 0 amide bonds. The van der Waals surface area contributed by atoms with Gasteiger partial charge in [-0.3, -0.25) is 4.68 Å². The van der Waals surface area contributed by atoms with Crippen molar-refractivity contribution in [3.05, 3.63) is 41.5 Å². The summed E-state index contributed by atoms with van der Waals surface area (Å²) in [7, 11) is 0. The molecule has 1 aromatic carbocycles. The van der Waals surface area contributed by atoms with Crippen LogP contribution in [0.2, 0.25) is 0 Å². The number of anilines is 1. The molecule has 0 saturated heterocycles. The van der Waals surface area contributed by atoms with E-state index in [1.807, 2.05) is 13.1 Å². The quantitative estimate of drug-likeness (QED) is 0.942. The number of aromatic nitrogens is 3. The number of aryl methyl sites for hydroxylation is 1. The fourth-order valence-corrected chi connectivity index (χ4v) is 2.76. The Hall–Kier alpha value is -1.95. The highest BCUT2D eigenvalue weighted by Gasteiger charge is 2.22. The summed E-state index contributed by atoms with van der Waals surface area (Å²) in [6.45, 7) is 4.23. The van der Waals surface area contributed by atoms with Crippen LogP contribution < -0.4 is 4.90 Å². The Kier molecular flexibility index (Phi) is 3.88. The van der Waals surface area contributed by atoms with Gasteiger partial charge in [-0.1, -0.05) is 5.21 Å². The van der Waals surface area contributed by atoms with Crippen LogP contribution in [0.5, 0.6) is 0 Å². The molecule has 0 aliphatic carbocycles. The fourth-order valence-electron chi connectivity index (χ4n) is 2.76. The van der Waals surface area contributed by atoms with Crippen molar-refractivity contribution < 1.29 is 9.50 Å². The molecule has 0 fully saturated rings. The molecule has 1 aliphatic rings. The molecular weight excluding hydrogens is 271 g/mol. The maximum atomic E-state index is 13.4. The Morgan fingerprint density at radius 2 is 2.29 bits per heavy atom. The van der Waals surface area contributed by atoms with E-state index >= 15 is 0 Å². The molecule has 21 heavy (non-hydrogen) atoms. The summed E-state index contributed by atoms with van der Waals surface area (Å²) in [5, 5.41) is 18.4. The van der Waals surface area contributed by atoms with Gasteiger partial charge in [-0.05, 0) is 38.0 Å². The minimum atomic E-state index is -0.605. The van der Waals surface area contributed by atoms with Gasteiger partial charge in [0.05, 0.1) is 18.8 Å². The van der Waals surface area contributed by atoms with Crippen molar-refractivity contribution >= 4 is 5.69 Å². The van der Waals surface area contributed by atoms with Gasteiger partial charge in [-0.15, -0.1) is 5.10 Å². The molecule has 0 bridgehead atoms. The third kappa shape index (κ3) is 2.90. The van der Waals surface area contributed by atoms with Gasteiger partial charge < -0.3 is 10.0 Å². The molecule has 2 heterocycles. The number of rotatable bonds is 3. The second-order valence-electron chi connectivity index (χ2n) is 5.35. The maximum Gasteiger partial charge on any atom is 0.123 e. The van der Waals surface area contributed by atoms with Crippen LogP contribution >= 0.6 is 0 Å². The van der Waals surface area contributed by atoms with E-state index in [4.69, 9.17) is 0 Å². The van der Waals surface area contributed by atoms with Crippen LogP contribution in [-0.4, -0.2) is 26.6 Å². The van der Waals surface area contributed by atoms with Crippen LogP contribution in [0.15, 0.2) is 24.4 Å². The van der Waals surface area contributed by atoms with Crippen molar-refractivity contribution in [1.82, 2.24) is 15.0 Å². The van der Waals surface area contributed by atoms with Crippen LogP contribution in [0.4, 0.5) is 10.1 Å². The summed E-state index contributed by atoms with van der Waals surface area (Å²) in [4.78, 5) is 2.13. The second-order valence-corrected chi connectivity index (χ2v) is 5.35. The van der Waals surface area contributed by atoms with Gasteiger partial charge in [-0.2, -0.15) is 0 Å². The van der Waals surface area contributed by atoms with Crippen LogP contribution in [-0.2, 0) is 13.1 Å². The molecule has 5 nitrogen and oxygen atoms in total. The molecule has 0 radical (unpaired) electrons. The molecule has 1 aliphatic heterocycles. The van der Waals surface area contributed by atoms with E-state index in [1.165, 1.54) is 12.1 Å². The standard InChI is InChI=1S/C15H19FN4O/c1-2-20-10-12(17-18-20)9-19-7-3-4-15(21)13-8-11(16)5-6-14(13)19/h5-6,8,10,15,21H,2-4,7,9H2,1H3. The first-order valence-electron chi connectivity index (χ1n) is 7.29. The second kappa shape index (κ2) is 5.81. The number of halogens is 1. The van der Waals surface area contributed by atoms with Crippen molar-refractivity contribution in [1.29, 1.82) is 0 Å². The Morgan fingerprint density at radius 1 is 1.43 bits per heavy atom. The first-order valence-corrected chi connectivity index (χ1v) is 7.29. The Labute approximate surface area is 123 Å². The number of hydrogen-bond donors (Lipinski definition) is 1. The highest BCUT2D eigenvalue weighted by Crippen LogP contribution is 2.34. The third-order valence-corrected chi connectivity index (χ3v) is 3.86. The van der Waals surface area contributed by atoms with E-state index in [1.54, 1.807) is 10.7 Å². The SMILES string of the molecule is CCn1cc(CN2CCCC(O)c3cc(F)ccc32)nn1. The molecule has 3 rings (SSSR count). The number of benzene rings is 1. The lowest BCUT2D eigenvalue weighted by atomic mass is 10.0. The van der Waals surface area contributed by atoms with Gasteiger partial charge in [0, 0.05) is 24.3 Å². The van der Waals surface area contributed by atoms with Gasteiger partial charge in [0.15, 0.2) is 0 Å². The Balaban J connectivity index is 1.90. The van der Waals surface area contributed by atoms with Crippen LogP contribution in [0.3, 0.4) is 0 Å². The molecule has 6 heteroatoms. The summed E-state index contributed by atoms with van der Waals surface area (Å²) in [5.41, 5.74) is 2.42. The third-order valence-electron chi connectivity index (χ3n) is 3.86. The van der Waals surface area contributed by atoms with Crippen molar-refractivity contribution in [3.63, 3.8) is 0 Å². The minimum absolute atomic E-state index is 0.313. The summed E-state index contributed by atoms with van der Waals surface area (Å²) in [6, 6.07) is 4.61. The normalized spacial score (nSPS) is 18.4. The molecule has 112 valence electrons. The van der Waals surface area contributed by atoms with E-state index in [9.17, 15) is 9.50 Å². The number of hydrogen-bond acceptors (Lipinski definition) is 4. The number of aliphatic hydroxyl groups is 1. The van der Waals surface area contributed by atoms with Gasteiger partial charge in [0.1, 0.15) is 11.5 Å². The highest BCUT2D eigenvalue weighted by atomic mass is 19.1. The predicted molar refractivity (Wildman–Crippen MR) is 77.3 cm³/mol. The van der Waals surface area contributed by atoms with E-state index in [-0.39, 0.29) is 5.82 Å². The van der Waals surface area contributed by atoms with Crippen molar-refractivity contribution in [3.8, 4) is 0 Å². The lowest BCUT2D eigenvalue weighted by Gasteiger charge is -2.24. The van der Waals surface area contributed by atoms with Crippen molar-refractivity contribution in [2.45, 2.75) is 39.0 Å². The van der Waals surface area contributed by atoms with Crippen molar-refractivity contribution in [2.24, 2.45) is 0 Å². The van der Waals surface area contributed by atoms with Gasteiger partial charge in [0.2, 0.25) is 0 Å². The van der Waals surface area contributed by atoms with Gasteiger partial charge in [-0.25, -0.2) is 4.39 Å². The lowest BCUT2D eigenvalue weighted by molar-refractivity contribution is 0.168. The van der Waals surface area contributed by atoms with Crippen molar-refractivity contribution in [2.75, 3.05) is 11.4 Å². The zero-order valence-corrected chi connectivity index (χ0v) is 12.0. The first-order chi connectivity index (χ1) is 10.2. The number of nitrogens with zero attached hydrogens (tertiary/aromatic N) is 4. The Morgan fingerprint density at radius 3 is 3.05 bits per heavy atom. The van der Waals surface area contributed by atoms with E-state index < -0.39 is 6.10 Å². The van der Waals surface area contributed by atoms with E-state index in [2.05, 4.69) is 15.2 Å². The molecule has 1 atom stereocenters. The molecule has 0 spiro atoms. The summed E-state index contributed by atoms with van der Waals surface area (Å²) in [6.07, 6.45) is 2.82. The monoisotopic (exact) mass is 290 g/mol. The van der Waals surface area contributed by atoms with Gasteiger partial charge >= 0.3 is 0 Å². The molecule has 1 unspecified atom stereocenters. The zero-order chi connectivity index (χ0) is 14.8. The molecule has 1 N–H and O–H groups in total.